The Balaban J connectivity index is 0.00000264. The number of nitrogens with one attached hydrogen (secondary N) is 1. The third-order valence-electron chi connectivity index (χ3n) is 4.16. The van der Waals surface area contributed by atoms with Crippen LogP contribution in [0, 0.1) is 5.41 Å². The lowest BCUT2D eigenvalue weighted by Crippen LogP contribution is -2.48. The summed E-state index contributed by atoms with van der Waals surface area (Å²) in [4.78, 5) is 2.42. The molecule has 0 aromatic heterocycles. The number of benzene rings is 1. The molecule has 7 heteroatoms. The zero-order valence-corrected chi connectivity index (χ0v) is 16.7. The second-order valence-corrected chi connectivity index (χ2v) is 6.82. The van der Waals surface area contributed by atoms with Crippen LogP contribution >= 0.6 is 24.8 Å². The van der Waals surface area contributed by atoms with E-state index in [0.717, 1.165) is 31.7 Å². The first-order chi connectivity index (χ1) is 10.4. The van der Waals surface area contributed by atoms with Crippen molar-refractivity contribution >= 4 is 24.8 Å². The van der Waals surface area contributed by atoms with Crippen molar-refractivity contribution in [3.05, 3.63) is 17.7 Å². The molecule has 1 atom stereocenters. The lowest BCUT2D eigenvalue weighted by Gasteiger charge is -2.43. The van der Waals surface area contributed by atoms with E-state index in [1.165, 1.54) is 0 Å². The normalized spacial score (nSPS) is 16.5. The number of rotatable bonds is 4. The van der Waals surface area contributed by atoms with Crippen LogP contribution in [0.2, 0.25) is 0 Å². The first-order valence-corrected chi connectivity index (χ1v) is 7.78. The van der Waals surface area contributed by atoms with Gasteiger partial charge in [0.05, 0.1) is 19.8 Å². The highest BCUT2D eigenvalue weighted by Gasteiger charge is 2.36. The Hall–Kier alpha value is -0.880. The van der Waals surface area contributed by atoms with E-state index in [0.29, 0.717) is 11.5 Å². The van der Waals surface area contributed by atoms with Crippen molar-refractivity contribution in [2.45, 2.75) is 26.8 Å². The fraction of sp³-hybridized carbons (Fsp3) is 0.647. The van der Waals surface area contributed by atoms with Crippen LogP contribution in [0.5, 0.6) is 17.2 Å². The van der Waals surface area contributed by atoms with Crippen LogP contribution < -0.4 is 14.8 Å². The van der Waals surface area contributed by atoms with Crippen LogP contribution in [0.15, 0.2) is 12.1 Å². The largest absolute Gasteiger partial charge is 0.507 e. The lowest BCUT2D eigenvalue weighted by molar-refractivity contribution is 0.0820. The second kappa shape index (κ2) is 9.56. The molecule has 0 unspecified atom stereocenters. The van der Waals surface area contributed by atoms with Crippen molar-refractivity contribution in [3.8, 4) is 17.2 Å². The number of piperazine rings is 1. The van der Waals surface area contributed by atoms with Crippen molar-refractivity contribution in [3.63, 3.8) is 0 Å². The minimum atomic E-state index is -0.0311. The molecule has 1 aromatic rings. The van der Waals surface area contributed by atoms with Crippen LogP contribution in [0.1, 0.15) is 32.4 Å². The molecule has 0 bridgehead atoms. The first-order valence-electron chi connectivity index (χ1n) is 7.78. The van der Waals surface area contributed by atoms with Crippen molar-refractivity contribution in [2.75, 3.05) is 40.4 Å². The van der Waals surface area contributed by atoms with E-state index < -0.39 is 0 Å². The van der Waals surface area contributed by atoms with Gasteiger partial charge >= 0.3 is 0 Å². The highest BCUT2D eigenvalue weighted by atomic mass is 35.5. The molecule has 0 saturated carbocycles. The summed E-state index contributed by atoms with van der Waals surface area (Å²) in [6, 6.07) is 3.59. The Bertz CT molecular complexity index is 515. The Morgan fingerprint density at radius 3 is 2.12 bits per heavy atom. The van der Waals surface area contributed by atoms with E-state index in [2.05, 4.69) is 31.0 Å². The Kier molecular flexibility index (Phi) is 9.21. The van der Waals surface area contributed by atoms with Gasteiger partial charge in [-0.3, -0.25) is 4.90 Å². The summed E-state index contributed by atoms with van der Waals surface area (Å²) in [7, 11) is 3.22. The summed E-state index contributed by atoms with van der Waals surface area (Å²) in [5.41, 5.74) is 0.814. The highest BCUT2D eigenvalue weighted by Crippen LogP contribution is 2.47. The maximum atomic E-state index is 10.6. The number of hydrogen-bond acceptors (Lipinski definition) is 5. The molecule has 0 radical (unpaired) electrons. The predicted octanol–water partition coefficient (Wildman–Crippen LogP) is 3.25. The van der Waals surface area contributed by atoms with Crippen LogP contribution in [0.3, 0.4) is 0 Å². The van der Waals surface area contributed by atoms with Crippen LogP contribution in [0.25, 0.3) is 0 Å². The monoisotopic (exact) mass is 380 g/mol. The Labute approximate surface area is 157 Å². The summed E-state index contributed by atoms with van der Waals surface area (Å²) >= 11 is 0. The minimum absolute atomic E-state index is 0. The maximum Gasteiger partial charge on any atom is 0.131 e. The molecule has 1 aromatic carbocycles. The van der Waals surface area contributed by atoms with Gasteiger partial charge in [0.25, 0.3) is 0 Å². The van der Waals surface area contributed by atoms with Gasteiger partial charge in [-0.2, -0.15) is 0 Å². The van der Waals surface area contributed by atoms with Gasteiger partial charge in [-0.25, -0.2) is 0 Å². The molecule has 1 fully saturated rings. The van der Waals surface area contributed by atoms with Gasteiger partial charge < -0.3 is 19.9 Å². The summed E-state index contributed by atoms with van der Waals surface area (Å²) in [5, 5.41) is 14.0. The highest BCUT2D eigenvalue weighted by molar-refractivity contribution is 5.85. The summed E-state index contributed by atoms with van der Waals surface area (Å²) in [6.45, 7) is 10.4. The zero-order chi connectivity index (χ0) is 16.3. The van der Waals surface area contributed by atoms with Gasteiger partial charge in [-0.1, -0.05) is 20.8 Å². The van der Waals surface area contributed by atoms with Crippen molar-refractivity contribution < 1.29 is 14.6 Å². The van der Waals surface area contributed by atoms with Crippen LogP contribution in [0.4, 0.5) is 0 Å². The number of phenolic OH excluding ortho intramolecular Hbond substituents is 1. The number of methoxy groups -OCH3 is 2. The van der Waals surface area contributed by atoms with Crippen molar-refractivity contribution in [1.29, 1.82) is 0 Å². The van der Waals surface area contributed by atoms with Gasteiger partial charge in [-0.15, -0.1) is 24.8 Å². The number of hydrogen-bond donors (Lipinski definition) is 2. The molecular formula is C17H30Cl2N2O3. The Morgan fingerprint density at radius 2 is 1.67 bits per heavy atom. The number of halogens is 2. The minimum Gasteiger partial charge on any atom is -0.507 e. The molecule has 0 aliphatic carbocycles. The zero-order valence-electron chi connectivity index (χ0n) is 15.1. The molecule has 2 rings (SSSR count). The Morgan fingerprint density at radius 1 is 1.08 bits per heavy atom. The lowest BCUT2D eigenvalue weighted by atomic mass is 9.80. The van der Waals surface area contributed by atoms with Crippen molar-refractivity contribution in [1.82, 2.24) is 10.2 Å². The van der Waals surface area contributed by atoms with Crippen LogP contribution in [-0.4, -0.2) is 50.4 Å². The molecular weight excluding hydrogens is 351 g/mol. The summed E-state index contributed by atoms with van der Waals surface area (Å²) < 4.78 is 10.8. The number of ether oxygens (including phenoxy) is 2. The average Bonchev–Trinajstić information content (AvgIpc) is 2.48. The first kappa shape index (κ1) is 23.1. The van der Waals surface area contributed by atoms with Gasteiger partial charge in [0.2, 0.25) is 0 Å². The van der Waals surface area contributed by atoms with E-state index in [1.807, 2.05) is 6.07 Å². The average molecular weight is 381 g/mol. The predicted molar refractivity (Wildman–Crippen MR) is 102 cm³/mol. The molecule has 1 saturated heterocycles. The topological polar surface area (TPSA) is 54.0 Å². The molecule has 2 N–H and O–H groups in total. The summed E-state index contributed by atoms with van der Waals surface area (Å²) in [5.74, 6) is 1.51. The van der Waals surface area contributed by atoms with E-state index in [-0.39, 0.29) is 42.0 Å². The molecule has 1 heterocycles. The van der Waals surface area contributed by atoms with E-state index in [9.17, 15) is 5.11 Å². The van der Waals surface area contributed by atoms with Crippen LogP contribution in [-0.2, 0) is 0 Å². The summed E-state index contributed by atoms with van der Waals surface area (Å²) in [6.07, 6.45) is 0. The van der Waals surface area contributed by atoms with Gasteiger partial charge in [0, 0.05) is 44.4 Å². The molecule has 140 valence electrons. The number of phenols is 1. The fourth-order valence-corrected chi connectivity index (χ4v) is 3.25. The molecule has 1 aliphatic rings. The SMILES string of the molecule is COc1cc(O)c([C@@H](N2CCNCC2)C(C)(C)C)c(OC)c1.Cl.Cl. The van der Waals surface area contributed by atoms with Gasteiger partial charge in [0.15, 0.2) is 0 Å². The third kappa shape index (κ3) is 5.06. The smallest absolute Gasteiger partial charge is 0.131 e. The quantitative estimate of drug-likeness (QED) is 0.839. The van der Waals surface area contributed by atoms with Gasteiger partial charge in [-0.05, 0) is 5.41 Å². The van der Waals surface area contributed by atoms with E-state index >= 15 is 0 Å². The molecule has 24 heavy (non-hydrogen) atoms. The molecule has 0 spiro atoms. The number of aromatic hydroxyl groups is 1. The molecule has 5 nitrogen and oxygen atoms in total. The van der Waals surface area contributed by atoms with Gasteiger partial charge in [0.1, 0.15) is 17.2 Å². The second-order valence-electron chi connectivity index (χ2n) is 6.82. The standard InChI is InChI=1S/C17H28N2O3.2ClH/c1-17(2,3)16(19-8-6-18-7-9-19)15-13(20)10-12(21-4)11-14(15)22-5;;/h10-11,16,18,20H,6-9H2,1-5H3;2*1H/t16-;;/m1../s1. The fourth-order valence-electron chi connectivity index (χ4n) is 3.25. The van der Waals surface area contributed by atoms with Crippen molar-refractivity contribution in [2.24, 2.45) is 5.41 Å². The maximum absolute atomic E-state index is 10.6. The van der Waals surface area contributed by atoms with E-state index in [1.54, 1.807) is 20.3 Å². The third-order valence-corrected chi connectivity index (χ3v) is 4.16. The molecule has 0 amide bonds. The molecule has 1 aliphatic heterocycles. The number of nitrogens with zero attached hydrogens (tertiary/aromatic N) is 1. The van der Waals surface area contributed by atoms with E-state index in [4.69, 9.17) is 9.47 Å².